The van der Waals surface area contributed by atoms with Gasteiger partial charge in [-0.25, -0.2) is 0 Å². The van der Waals surface area contributed by atoms with Crippen LogP contribution >= 0.6 is 12.2 Å². The van der Waals surface area contributed by atoms with Gasteiger partial charge in [0.15, 0.2) is 0 Å². The highest BCUT2D eigenvalue weighted by molar-refractivity contribution is 7.80. The van der Waals surface area contributed by atoms with Crippen molar-refractivity contribution in [1.82, 2.24) is 0 Å². The summed E-state index contributed by atoms with van der Waals surface area (Å²) >= 11 is 5.13. The van der Waals surface area contributed by atoms with Crippen molar-refractivity contribution in [2.75, 3.05) is 5.32 Å². The molecule has 0 bridgehead atoms. The lowest BCUT2D eigenvalue weighted by molar-refractivity contribution is -0.137. The molecule has 0 aromatic heterocycles. The summed E-state index contributed by atoms with van der Waals surface area (Å²) in [6.45, 7) is 6.02. The lowest BCUT2D eigenvalue weighted by atomic mass is 10.1. The van der Waals surface area contributed by atoms with Crippen LogP contribution in [-0.4, -0.2) is 4.99 Å². The van der Waals surface area contributed by atoms with Crippen molar-refractivity contribution >= 4 is 22.9 Å². The van der Waals surface area contributed by atoms with Crippen molar-refractivity contribution in [3.63, 3.8) is 0 Å². The predicted octanol–water partition coefficient (Wildman–Crippen LogP) is 6.30. The van der Waals surface area contributed by atoms with Gasteiger partial charge in [-0.15, -0.1) is 0 Å². The molecule has 0 amide bonds. The number of benzene rings is 2. The van der Waals surface area contributed by atoms with Gasteiger partial charge in [-0.05, 0) is 49.1 Å². The Morgan fingerprint density at radius 1 is 1.12 bits per heavy atom. The fourth-order valence-electron chi connectivity index (χ4n) is 2.48. The van der Waals surface area contributed by atoms with E-state index in [4.69, 9.17) is 17.0 Å². The molecule has 140 valence electrons. The quantitative estimate of drug-likeness (QED) is 0.593. The maximum Gasteiger partial charge on any atom is 0.416 e. The third-order valence-electron chi connectivity index (χ3n) is 4.06. The standard InChI is InChI=1S/C20H22F3NOS/c1-4-14-6-9-18(13(3)10-14)25-12-15-7-8-16(20(21,22)23)11-17(15)24-19(26)5-2/h6-11H,4-5,12H2,1-3H3,(H,24,26). The first kappa shape index (κ1) is 20.2. The lowest BCUT2D eigenvalue weighted by Gasteiger charge is -2.17. The highest BCUT2D eigenvalue weighted by Crippen LogP contribution is 2.33. The van der Waals surface area contributed by atoms with Crippen LogP contribution in [0.15, 0.2) is 36.4 Å². The number of thiocarbonyl (C=S) groups is 1. The minimum absolute atomic E-state index is 0.152. The number of nitrogens with one attached hydrogen (secondary N) is 1. The van der Waals surface area contributed by atoms with Gasteiger partial charge in [-0.2, -0.15) is 13.2 Å². The van der Waals surface area contributed by atoms with Gasteiger partial charge >= 0.3 is 6.18 Å². The largest absolute Gasteiger partial charge is 0.489 e. The minimum Gasteiger partial charge on any atom is -0.489 e. The molecule has 2 aromatic carbocycles. The molecule has 0 aliphatic heterocycles. The topological polar surface area (TPSA) is 21.3 Å². The molecule has 0 radical (unpaired) electrons. The molecule has 0 saturated heterocycles. The zero-order valence-corrected chi connectivity index (χ0v) is 15.9. The molecule has 2 nitrogen and oxygen atoms in total. The summed E-state index contributed by atoms with van der Waals surface area (Å²) in [6, 6.07) is 9.49. The Morgan fingerprint density at radius 3 is 2.42 bits per heavy atom. The highest BCUT2D eigenvalue weighted by Gasteiger charge is 2.31. The maximum atomic E-state index is 13.0. The third kappa shape index (κ3) is 5.21. The van der Waals surface area contributed by atoms with Crippen molar-refractivity contribution in [3.05, 3.63) is 58.7 Å². The average Bonchev–Trinajstić information content (AvgIpc) is 2.60. The Morgan fingerprint density at radius 2 is 1.85 bits per heavy atom. The van der Waals surface area contributed by atoms with Crippen molar-refractivity contribution in [2.45, 2.75) is 46.4 Å². The van der Waals surface area contributed by atoms with Gasteiger partial charge in [-0.3, -0.25) is 0 Å². The first-order valence-electron chi connectivity index (χ1n) is 8.46. The molecule has 1 N–H and O–H groups in total. The molecule has 0 heterocycles. The second kappa shape index (κ2) is 8.54. The average molecular weight is 381 g/mol. The van der Waals surface area contributed by atoms with Crippen molar-refractivity contribution < 1.29 is 17.9 Å². The SMILES string of the molecule is CCC(=S)Nc1cc(C(F)(F)F)ccc1COc1ccc(CC)cc1C. The van der Waals surface area contributed by atoms with Crippen LogP contribution in [0.25, 0.3) is 0 Å². The van der Waals surface area contributed by atoms with Gasteiger partial charge in [0.25, 0.3) is 0 Å². The van der Waals surface area contributed by atoms with Crippen LogP contribution in [0.4, 0.5) is 18.9 Å². The zero-order valence-electron chi connectivity index (χ0n) is 15.0. The number of ether oxygens (including phenoxy) is 1. The number of anilines is 1. The minimum atomic E-state index is -4.41. The monoisotopic (exact) mass is 381 g/mol. The Bertz CT molecular complexity index is 787. The normalized spacial score (nSPS) is 11.3. The van der Waals surface area contributed by atoms with E-state index < -0.39 is 11.7 Å². The molecule has 2 aromatic rings. The van der Waals surface area contributed by atoms with E-state index in [2.05, 4.69) is 12.2 Å². The highest BCUT2D eigenvalue weighted by atomic mass is 32.1. The van der Waals surface area contributed by atoms with E-state index >= 15 is 0 Å². The molecule has 26 heavy (non-hydrogen) atoms. The summed E-state index contributed by atoms with van der Waals surface area (Å²) in [5.74, 6) is 0.714. The smallest absolute Gasteiger partial charge is 0.416 e. The van der Waals surface area contributed by atoms with Gasteiger partial charge in [0.1, 0.15) is 12.4 Å². The second-order valence-corrected chi connectivity index (χ2v) is 6.51. The molecule has 0 fully saturated rings. The molecule has 0 spiro atoms. The second-order valence-electron chi connectivity index (χ2n) is 6.01. The molecular formula is C20H22F3NOS. The van der Waals surface area contributed by atoms with Gasteiger partial charge in [0, 0.05) is 11.3 Å². The van der Waals surface area contributed by atoms with Crippen LogP contribution < -0.4 is 10.1 Å². The number of hydrogen-bond acceptors (Lipinski definition) is 2. The number of alkyl halides is 3. The summed E-state index contributed by atoms with van der Waals surface area (Å²) in [5, 5.41) is 2.89. The van der Waals surface area contributed by atoms with E-state index in [0.29, 0.717) is 28.4 Å². The predicted molar refractivity (Wildman–Crippen MR) is 103 cm³/mol. The number of rotatable bonds is 6. The first-order chi connectivity index (χ1) is 12.2. The zero-order chi connectivity index (χ0) is 19.3. The van der Waals surface area contributed by atoms with Crippen LogP contribution in [0, 0.1) is 6.92 Å². The fraction of sp³-hybridized carbons (Fsp3) is 0.350. The number of halogens is 3. The molecule has 0 unspecified atom stereocenters. The maximum absolute atomic E-state index is 13.0. The van der Waals surface area contributed by atoms with Gasteiger partial charge in [0.2, 0.25) is 0 Å². The summed E-state index contributed by atoms with van der Waals surface area (Å²) in [5.41, 5.74) is 2.43. The third-order valence-corrected chi connectivity index (χ3v) is 4.45. The summed E-state index contributed by atoms with van der Waals surface area (Å²) in [7, 11) is 0. The molecule has 0 atom stereocenters. The van der Waals surface area contributed by atoms with E-state index in [1.807, 2.05) is 32.0 Å². The Hall–Kier alpha value is -2.08. The number of aryl methyl sites for hydroxylation is 2. The van der Waals surface area contributed by atoms with Crippen molar-refractivity contribution in [3.8, 4) is 5.75 Å². The molecule has 0 saturated carbocycles. The summed E-state index contributed by atoms with van der Waals surface area (Å²) in [6.07, 6.45) is -2.93. The summed E-state index contributed by atoms with van der Waals surface area (Å²) < 4.78 is 44.8. The van der Waals surface area contributed by atoms with E-state index in [9.17, 15) is 13.2 Å². The molecule has 0 aliphatic carbocycles. The number of hydrogen-bond donors (Lipinski definition) is 1. The van der Waals surface area contributed by atoms with Crippen LogP contribution in [-0.2, 0) is 19.2 Å². The van der Waals surface area contributed by atoms with Crippen molar-refractivity contribution in [1.29, 1.82) is 0 Å². The van der Waals surface area contributed by atoms with E-state index in [-0.39, 0.29) is 6.61 Å². The Kier molecular flexibility index (Phi) is 6.64. The molecule has 0 aliphatic rings. The Balaban J connectivity index is 2.25. The fourth-order valence-corrected chi connectivity index (χ4v) is 2.59. The first-order valence-corrected chi connectivity index (χ1v) is 8.87. The van der Waals surface area contributed by atoms with Gasteiger partial charge < -0.3 is 10.1 Å². The van der Waals surface area contributed by atoms with E-state index in [1.165, 1.54) is 11.6 Å². The lowest BCUT2D eigenvalue weighted by Crippen LogP contribution is -2.13. The van der Waals surface area contributed by atoms with Crippen LogP contribution in [0.3, 0.4) is 0 Å². The van der Waals surface area contributed by atoms with Crippen LogP contribution in [0.2, 0.25) is 0 Å². The van der Waals surface area contributed by atoms with E-state index in [1.54, 1.807) is 0 Å². The van der Waals surface area contributed by atoms with Gasteiger partial charge in [0.05, 0.1) is 10.6 Å². The van der Waals surface area contributed by atoms with Crippen LogP contribution in [0.5, 0.6) is 5.75 Å². The van der Waals surface area contributed by atoms with Crippen LogP contribution in [0.1, 0.15) is 42.5 Å². The summed E-state index contributed by atoms with van der Waals surface area (Å²) in [4.78, 5) is 0.481. The Labute approximate surface area is 157 Å². The van der Waals surface area contributed by atoms with Crippen molar-refractivity contribution in [2.24, 2.45) is 0 Å². The molecule has 6 heteroatoms. The van der Waals surface area contributed by atoms with Gasteiger partial charge in [-0.1, -0.05) is 44.3 Å². The molecular weight excluding hydrogens is 359 g/mol. The van der Waals surface area contributed by atoms with E-state index in [0.717, 1.165) is 24.1 Å². The molecule has 2 rings (SSSR count).